The van der Waals surface area contributed by atoms with Crippen LogP contribution in [0.25, 0.3) is 0 Å². The van der Waals surface area contributed by atoms with Gasteiger partial charge in [0, 0.05) is 5.56 Å². The quantitative estimate of drug-likeness (QED) is 0.417. The van der Waals surface area contributed by atoms with Crippen LogP contribution in [0.3, 0.4) is 0 Å². The Bertz CT molecular complexity index is 897. The smallest absolute Gasteiger partial charge is 0.373 e. The van der Waals surface area contributed by atoms with E-state index < -0.39 is 5.97 Å². The summed E-state index contributed by atoms with van der Waals surface area (Å²) in [5.74, 6) is 0.122. The van der Waals surface area contributed by atoms with Crippen molar-refractivity contribution in [1.29, 1.82) is 0 Å². The second-order valence-corrected chi connectivity index (χ2v) is 5.80. The zero-order valence-electron chi connectivity index (χ0n) is 14.7. The number of ether oxygens (including phenoxy) is 1. The Morgan fingerprint density at radius 3 is 2.38 bits per heavy atom. The molecule has 3 rings (SSSR count). The Morgan fingerprint density at radius 1 is 1.00 bits per heavy atom. The maximum atomic E-state index is 11.7. The Labute approximate surface area is 152 Å². The first-order chi connectivity index (χ1) is 12.7. The predicted octanol–water partition coefficient (Wildman–Crippen LogP) is 3.92. The third-order valence-corrected chi connectivity index (χ3v) is 3.87. The lowest BCUT2D eigenvalue weighted by Crippen LogP contribution is -2.12. The molecule has 0 unspecified atom stereocenters. The van der Waals surface area contributed by atoms with Gasteiger partial charge in [0.1, 0.15) is 5.71 Å². The van der Waals surface area contributed by atoms with Crippen molar-refractivity contribution in [1.82, 2.24) is 5.43 Å². The summed E-state index contributed by atoms with van der Waals surface area (Å²) >= 11 is 0. The van der Waals surface area contributed by atoms with Crippen LogP contribution in [-0.2, 0) is 11.3 Å². The average molecular weight is 348 g/mol. The Hall–Kier alpha value is -3.34. The molecule has 2 aromatic carbocycles. The third kappa shape index (κ3) is 4.19. The first kappa shape index (κ1) is 17.5. The molecule has 0 bridgehead atoms. The van der Waals surface area contributed by atoms with E-state index >= 15 is 0 Å². The molecule has 132 valence electrons. The van der Waals surface area contributed by atoms with Crippen molar-refractivity contribution in [2.75, 3.05) is 7.11 Å². The van der Waals surface area contributed by atoms with Crippen LogP contribution >= 0.6 is 0 Å². The van der Waals surface area contributed by atoms with Gasteiger partial charge in [0.25, 0.3) is 0 Å². The number of nitrogens with zero attached hydrogens (tertiary/aromatic N) is 1. The van der Waals surface area contributed by atoms with E-state index in [9.17, 15) is 4.79 Å². The molecule has 0 spiro atoms. The number of benzene rings is 2. The molecule has 1 aromatic heterocycles. The zero-order chi connectivity index (χ0) is 18.4. The molecule has 0 fully saturated rings. The number of aryl methyl sites for hydroxylation is 1. The fourth-order valence-electron chi connectivity index (χ4n) is 2.45. The Morgan fingerprint density at radius 2 is 1.69 bits per heavy atom. The van der Waals surface area contributed by atoms with Gasteiger partial charge in [-0.2, -0.15) is 5.10 Å². The van der Waals surface area contributed by atoms with E-state index in [0.29, 0.717) is 18.0 Å². The van der Waals surface area contributed by atoms with Gasteiger partial charge >= 0.3 is 5.97 Å². The summed E-state index contributed by atoms with van der Waals surface area (Å²) in [5.41, 5.74) is 6.86. The molecule has 5 heteroatoms. The Balaban J connectivity index is 1.88. The number of rotatable bonds is 6. The van der Waals surface area contributed by atoms with Gasteiger partial charge in [-0.1, -0.05) is 60.2 Å². The zero-order valence-corrected chi connectivity index (χ0v) is 14.7. The molecular formula is C21H20N2O3. The molecule has 1 N–H and O–H groups in total. The SMILES string of the molecule is COC(=O)c1ccc(/C(=N/NCc2ccccc2)c2ccc(C)cc2)o1. The second-order valence-electron chi connectivity index (χ2n) is 5.80. The molecule has 26 heavy (non-hydrogen) atoms. The summed E-state index contributed by atoms with van der Waals surface area (Å²) in [5, 5.41) is 4.51. The molecule has 0 atom stereocenters. The van der Waals surface area contributed by atoms with Crippen LogP contribution in [0.2, 0.25) is 0 Å². The van der Waals surface area contributed by atoms with Crippen LogP contribution in [-0.4, -0.2) is 18.8 Å². The lowest BCUT2D eigenvalue weighted by Gasteiger charge is -2.07. The van der Waals surface area contributed by atoms with E-state index in [4.69, 9.17) is 9.15 Å². The molecule has 0 amide bonds. The number of carbonyl (C=O) groups is 1. The average Bonchev–Trinajstić information content (AvgIpc) is 3.16. The van der Waals surface area contributed by atoms with Gasteiger partial charge in [0.2, 0.25) is 5.76 Å². The van der Waals surface area contributed by atoms with Crippen LogP contribution in [0.15, 0.2) is 76.2 Å². The van der Waals surface area contributed by atoms with Crippen molar-refractivity contribution < 1.29 is 13.9 Å². The monoisotopic (exact) mass is 348 g/mol. The summed E-state index contributed by atoms with van der Waals surface area (Å²) in [6.07, 6.45) is 0. The van der Waals surface area contributed by atoms with Crippen molar-refractivity contribution in [3.05, 3.63) is 94.9 Å². The van der Waals surface area contributed by atoms with E-state index in [1.165, 1.54) is 7.11 Å². The Kier molecular flexibility index (Phi) is 5.49. The molecule has 3 aromatic rings. The first-order valence-corrected chi connectivity index (χ1v) is 8.27. The molecule has 0 aliphatic rings. The molecule has 1 heterocycles. The van der Waals surface area contributed by atoms with Crippen molar-refractivity contribution in [2.24, 2.45) is 5.10 Å². The molecular weight excluding hydrogens is 328 g/mol. The minimum Gasteiger partial charge on any atom is -0.463 e. The summed E-state index contributed by atoms with van der Waals surface area (Å²) in [6.45, 7) is 2.61. The van der Waals surface area contributed by atoms with Crippen molar-refractivity contribution in [2.45, 2.75) is 13.5 Å². The molecule has 0 radical (unpaired) electrons. The number of methoxy groups -OCH3 is 1. The number of esters is 1. The third-order valence-electron chi connectivity index (χ3n) is 3.87. The second kappa shape index (κ2) is 8.16. The molecule has 0 aliphatic carbocycles. The summed E-state index contributed by atoms with van der Waals surface area (Å²) in [4.78, 5) is 11.7. The number of furan rings is 1. The molecule has 0 aliphatic heterocycles. The van der Waals surface area contributed by atoms with Crippen LogP contribution in [0.4, 0.5) is 0 Å². The summed E-state index contributed by atoms with van der Waals surface area (Å²) in [6, 6.07) is 21.2. The highest BCUT2D eigenvalue weighted by Gasteiger charge is 2.16. The maximum absolute atomic E-state index is 11.7. The van der Waals surface area contributed by atoms with E-state index in [0.717, 1.165) is 16.7 Å². The van der Waals surface area contributed by atoms with Crippen LogP contribution in [0.5, 0.6) is 0 Å². The van der Waals surface area contributed by atoms with Gasteiger partial charge in [-0.25, -0.2) is 4.79 Å². The van der Waals surface area contributed by atoms with E-state index in [-0.39, 0.29) is 5.76 Å². The number of hydrogen-bond donors (Lipinski definition) is 1. The van der Waals surface area contributed by atoms with E-state index in [2.05, 4.69) is 10.5 Å². The van der Waals surface area contributed by atoms with Crippen molar-refractivity contribution >= 4 is 11.7 Å². The fraction of sp³-hybridized carbons (Fsp3) is 0.143. The van der Waals surface area contributed by atoms with Gasteiger partial charge < -0.3 is 14.6 Å². The van der Waals surface area contributed by atoms with E-state index in [1.807, 2.05) is 61.5 Å². The predicted molar refractivity (Wildman–Crippen MR) is 100 cm³/mol. The molecule has 0 saturated heterocycles. The highest BCUT2D eigenvalue weighted by atomic mass is 16.5. The van der Waals surface area contributed by atoms with Crippen molar-refractivity contribution in [3.8, 4) is 0 Å². The summed E-state index contributed by atoms with van der Waals surface area (Å²) < 4.78 is 10.3. The summed E-state index contributed by atoms with van der Waals surface area (Å²) in [7, 11) is 1.32. The maximum Gasteiger partial charge on any atom is 0.373 e. The largest absolute Gasteiger partial charge is 0.463 e. The van der Waals surface area contributed by atoms with Gasteiger partial charge in [-0.05, 0) is 24.6 Å². The van der Waals surface area contributed by atoms with Gasteiger partial charge in [-0.3, -0.25) is 0 Å². The normalized spacial score (nSPS) is 11.2. The highest BCUT2D eigenvalue weighted by Crippen LogP contribution is 2.16. The fourth-order valence-corrected chi connectivity index (χ4v) is 2.45. The lowest BCUT2D eigenvalue weighted by molar-refractivity contribution is 0.0564. The van der Waals surface area contributed by atoms with Crippen LogP contribution in [0, 0.1) is 6.92 Å². The first-order valence-electron chi connectivity index (χ1n) is 8.27. The standard InChI is InChI=1S/C21H20N2O3/c1-15-8-10-17(11-9-15)20(18-12-13-19(26-18)21(24)25-2)23-22-14-16-6-4-3-5-7-16/h3-13,22H,14H2,1-2H3/b23-20+. The lowest BCUT2D eigenvalue weighted by atomic mass is 10.1. The topological polar surface area (TPSA) is 63.8 Å². The van der Waals surface area contributed by atoms with Crippen LogP contribution in [0.1, 0.15) is 33.0 Å². The van der Waals surface area contributed by atoms with Crippen molar-refractivity contribution in [3.63, 3.8) is 0 Å². The number of carbonyl (C=O) groups excluding carboxylic acids is 1. The highest BCUT2D eigenvalue weighted by molar-refractivity contribution is 6.11. The van der Waals surface area contributed by atoms with Gasteiger partial charge in [0.05, 0.1) is 13.7 Å². The molecule has 5 nitrogen and oxygen atoms in total. The van der Waals surface area contributed by atoms with Crippen LogP contribution < -0.4 is 5.43 Å². The number of hydrazone groups is 1. The van der Waals surface area contributed by atoms with Gasteiger partial charge in [0.15, 0.2) is 5.76 Å². The number of nitrogens with one attached hydrogen (secondary N) is 1. The number of hydrogen-bond acceptors (Lipinski definition) is 5. The molecule has 0 saturated carbocycles. The minimum atomic E-state index is -0.517. The van der Waals surface area contributed by atoms with Gasteiger partial charge in [-0.15, -0.1) is 0 Å². The minimum absolute atomic E-state index is 0.144. The van der Waals surface area contributed by atoms with E-state index in [1.54, 1.807) is 12.1 Å².